The lowest BCUT2D eigenvalue weighted by Gasteiger charge is -2.10. The van der Waals surface area contributed by atoms with Crippen molar-refractivity contribution in [3.05, 3.63) is 22.1 Å². The van der Waals surface area contributed by atoms with Crippen LogP contribution in [0.15, 0.2) is 6.20 Å². The summed E-state index contributed by atoms with van der Waals surface area (Å²) >= 11 is 2.14. The van der Waals surface area contributed by atoms with Crippen molar-refractivity contribution in [2.24, 2.45) is 0 Å². The second-order valence-electron chi connectivity index (χ2n) is 3.30. The Labute approximate surface area is 129 Å². The second kappa shape index (κ2) is 8.16. The van der Waals surface area contributed by atoms with Gasteiger partial charge >= 0.3 is 5.82 Å². The van der Waals surface area contributed by atoms with Gasteiger partial charge in [0.25, 0.3) is 0 Å². The zero-order chi connectivity index (χ0) is 12.1. The van der Waals surface area contributed by atoms with E-state index < -0.39 is 11.0 Å². The minimum atomic E-state index is -0.581. The fourth-order valence-electron chi connectivity index (χ4n) is 1.28. The lowest BCUT2D eigenvalue weighted by molar-refractivity contribution is -0.389. The molecule has 0 radical (unpaired) electrons. The number of nitro groups is 1. The van der Waals surface area contributed by atoms with E-state index in [0.29, 0.717) is 18.9 Å². The topological polar surface area (TPSA) is 93.2 Å². The van der Waals surface area contributed by atoms with E-state index in [1.165, 1.54) is 6.20 Å². The minimum Gasteiger partial charge on any atom is -0.390 e. The molecular weight excluding hydrogens is 454 g/mol. The van der Waals surface area contributed by atoms with Crippen LogP contribution in [0, 0.1) is 17.0 Å². The van der Waals surface area contributed by atoms with Gasteiger partial charge in [0.1, 0.15) is 6.20 Å². The van der Waals surface area contributed by atoms with E-state index in [1.54, 1.807) is 11.5 Å². The standard InChI is InChI=1S/C8H13IN4O3.HI/c1-6-11-8(13(15)16)4-12(6)3-7(14)2-10-5-9;/h4,7,10,14H,2-3,5H2,1H3;1H. The van der Waals surface area contributed by atoms with Crippen LogP contribution in [-0.2, 0) is 6.54 Å². The van der Waals surface area contributed by atoms with Crippen LogP contribution >= 0.6 is 46.6 Å². The van der Waals surface area contributed by atoms with E-state index in [9.17, 15) is 15.2 Å². The molecule has 0 amide bonds. The van der Waals surface area contributed by atoms with E-state index in [4.69, 9.17) is 0 Å². The first-order chi connectivity index (χ1) is 7.54. The van der Waals surface area contributed by atoms with Gasteiger partial charge in [0.2, 0.25) is 5.82 Å². The number of hydrogen-bond donors (Lipinski definition) is 2. The molecule has 9 heteroatoms. The Hall–Kier alpha value is -0.0100. The molecule has 1 heterocycles. The van der Waals surface area contributed by atoms with Gasteiger partial charge in [0, 0.05) is 18.0 Å². The number of rotatable bonds is 6. The number of imidazole rings is 1. The number of aryl methyl sites for hydroxylation is 1. The second-order valence-corrected chi connectivity index (χ2v) is 4.06. The van der Waals surface area contributed by atoms with Crippen molar-refractivity contribution in [3.63, 3.8) is 0 Å². The monoisotopic (exact) mass is 468 g/mol. The molecule has 0 spiro atoms. The molecule has 1 aromatic heterocycles. The van der Waals surface area contributed by atoms with Gasteiger partial charge in [-0.25, -0.2) is 0 Å². The predicted molar refractivity (Wildman–Crippen MR) is 81.9 cm³/mol. The highest BCUT2D eigenvalue weighted by molar-refractivity contribution is 14.1. The summed E-state index contributed by atoms with van der Waals surface area (Å²) in [6.45, 7) is 2.43. The van der Waals surface area contributed by atoms with Crippen molar-refractivity contribution in [1.82, 2.24) is 14.9 Å². The molecule has 1 rings (SSSR count). The Morgan fingerprint density at radius 3 is 2.88 bits per heavy atom. The number of nitrogens with zero attached hydrogens (tertiary/aromatic N) is 3. The van der Waals surface area contributed by atoms with Crippen molar-refractivity contribution in [3.8, 4) is 0 Å². The normalized spacial score (nSPS) is 11.9. The fraction of sp³-hybridized carbons (Fsp3) is 0.625. The van der Waals surface area contributed by atoms with Gasteiger partial charge < -0.3 is 25.1 Å². The predicted octanol–water partition coefficient (Wildman–Crippen LogP) is 1.06. The highest BCUT2D eigenvalue weighted by atomic mass is 127. The average molecular weight is 468 g/mol. The zero-order valence-electron chi connectivity index (χ0n) is 9.17. The summed E-state index contributed by atoms with van der Waals surface area (Å²) in [5.41, 5.74) is 0. The summed E-state index contributed by atoms with van der Waals surface area (Å²) in [7, 11) is 0. The van der Waals surface area contributed by atoms with Crippen LogP contribution in [0.4, 0.5) is 5.82 Å². The lowest BCUT2D eigenvalue weighted by Crippen LogP contribution is -2.29. The third kappa shape index (κ3) is 5.44. The molecule has 98 valence electrons. The lowest BCUT2D eigenvalue weighted by atomic mass is 10.3. The Kier molecular flexibility index (Phi) is 8.15. The van der Waals surface area contributed by atoms with Crippen LogP contribution in [-0.4, -0.2) is 36.8 Å². The summed E-state index contributed by atoms with van der Waals surface area (Å²) in [4.78, 5) is 13.7. The molecule has 0 saturated carbocycles. The van der Waals surface area contributed by atoms with Gasteiger partial charge in [0.15, 0.2) is 0 Å². The third-order valence-corrected chi connectivity index (χ3v) is 2.57. The quantitative estimate of drug-likeness (QED) is 0.214. The number of aromatic nitrogens is 2. The van der Waals surface area contributed by atoms with Gasteiger partial charge in [0.05, 0.1) is 12.6 Å². The Balaban J connectivity index is 0.00000256. The van der Waals surface area contributed by atoms with E-state index in [2.05, 4.69) is 32.9 Å². The number of aliphatic hydroxyl groups excluding tert-OH is 1. The van der Waals surface area contributed by atoms with Crippen LogP contribution in [0.5, 0.6) is 0 Å². The van der Waals surface area contributed by atoms with Crippen LogP contribution < -0.4 is 5.32 Å². The van der Waals surface area contributed by atoms with E-state index in [-0.39, 0.29) is 29.8 Å². The van der Waals surface area contributed by atoms with Crippen molar-refractivity contribution in [2.45, 2.75) is 19.6 Å². The van der Waals surface area contributed by atoms with E-state index >= 15 is 0 Å². The molecule has 0 aromatic carbocycles. The fourth-order valence-corrected chi connectivity index (χ4v) is 1.59. The molecule has 1 unspecified atom stereocenters. The average Bonchev–Trinajstić information content (AvgIpc) is 2.57. The van der Waals surface area contributed by atoms with Crippen molar-refractivity contribution in [1.29, 1.82) is 0 Å². The molecule has 1 atom stereocenters. The number of hydrogen-bond acceptors (Lipinski definition) is 5. The van der Waals surface area contributed by atoms with Gasteiger partial charge in [-0.1, -0.05) is 22.6 Å². The maximum absolute atomic E-state index is 10.5. The number of aliphatic hydroxyl groups is 1. The summed E-state index contributed by atoms with van der Waals surface area (Å²) in [5, 5.41) is 23.1. The first kappa shape index (κ1) is 17.0. The Morgan fingerprint density at radius 2 is 2.41 bits per heavy atom. The first-order valence-electron chi connectivity index (χ1n) is 4.67. The van der Waals surface area contributed by atoms with Crippen LogP contribution in [0.2, 0.25) is 0 Å². The summed E-state index contributed by atoms with van der Waals surface area (Å²) in [5.74, 6) is 0.340. The van der Waals surface area contributed by atoms with Gasteiger partial charge in [-0.15, -0.1) is 24.0 Å². The minimum absolute atomic E-state index is 0. The van der Waals surface area contributed by atoms with Crippen LogP contribution in [0.1, 0.15) is 5.82 Å². The molecule has 0 bridgehead atoms. The van der Waals surface area contributed by atoms with Crippen molar-refractivity contribution < 1.29 is 10.0 Å². The summed E-state index contributed by atoms with van der Waals surface area (Å²) in [6, 6.07) is 0. The highest BCUT2D eigenvalue weighted by Crippen LogP contribution is 2.10. The number of alkyl halides is 1. The molecule has 0 aliphatic rings. The molecule has 7 nitrogen and oxygen atoms in total. The van der Waals surface area contributed by atoms with Gasteiger partial charge in [-0.2, -0.15) is 0 Å². The highest BCUT2D eigenvalue weighted by Gasteiger charge is 2.16. The molecule has 17 heavy (non-hydrogen) atoms. The molecule has 1 aromatic rings. The molecule has 0 saturated heterocycles. The van der Waals surface area contributed by atoms with E-state index in [1.807, 2.05) is 0 Å². The number of halogens is 2. The van der Waals surface area contributed by atoms with Crippen LogP contribution in [0.25, 0.3) is 0 Å². The van der Waals surface area contributed by atoms with E-state index in [0.717, 1.165) is 4.55 Å². The Morgan fingerprint density at radius 1 is 1.76 bits per heavy atom. The first-order valence-corrected chi connectivity index (χ1v) is 6.20. The van der Waals surface area contributed by atoms with Crippen molar-refractivity contribution in [2.75, 3.05) is 11.1 Å². The van der Waals surface area contributed by atoms with Gasteiger partial charge in [-0.05, 0) is 9.91 Å². The molecule has 0 fully saturated rings. The third-order valence-electron chi connectivity index (χ3n) is 2.03. The van der Waals surface area contributed by atoms with Crippen LogP contribution in [0.3, 0.4) is 0 Å². The smallest absolute Gasteiger partial charge is 0.381 e. The molecular formula is C8H14I2N4O3. The SMILES string of the molecule is Cc1nc([N+](=O)[O-])cn1CC(O)CNCI.I. The maximum atomic E-state index is 10.5. The zero-order valence-corrected chi connectivity index (χ0v) is 13.7. The number of nitrogens with one attached hydrogen (secondary N) is 1. The molecule has 2 N–H and O–H groups in total. The Bertz CT molecular complexity index is 372. The maximum Gasteiger partial charge on any atom is 0.381 e. The van der Waals surface area contributed by atoms with Gasteiger partial charge in [-0.3, -0.25) is 0 Å². The summed E-state index contributed by atoms with van der Waals surface area (Å²) < 4.78 is 2.33. The summed E-state index contributed by atoms with van der Waals surface area (Å²) in [6.07, 6.45) is 0.755. The van der Waals surface area contributed by atoms with Crippen molar-refractivity contribution >= 4 is 52.4 Å². The largest absolute Gasteiger partial charge is 0.390 e. The molecule has 0 aliphatic heterocycles. The molecule has 0 aliphatic carbocycles.